The maximum absolute atomic E-state index is 9.82. The molecule has 5 heterocycles. The highest BCUT2D eigenvalue weighted by atomic mass is 15.2. The van der Waals surface area contributed by atoms with Gasteiger partial charge in [0.15, 0.2) is 0 Å². The second-order valence-corrected chi connectivity index (χ2v) is 27.3. The number of rotatable bonds is 7. The van der Waals surface area contributed by atoms with Crippen molar-refractivity contribution in [1.29, 1.82) is 0 Å². The molecule has 3 aromatic heterocycles. The van der Waals surface area contributed by atoms with Gasteiger partial charge in [-0.25, -0.2) is 0 Å². The average molecular weight is 1270 g/mol. The molecular formula is C94H65BN4. The Morgan fingerprint density at radius 2 is 0.737 bits per heavy atom. The molecule has 4 nitrogen and oxygen atoms in total. The zero-order valence-corrected chi connectivity index (χ0v) is 54.6. The van der Waals surface area contributed by atoms with Crippen LogP contribution in [0.2, 0.25) is 0 Å². The van der Waals surface area contributed by atoms with Crippen molar-refractivity contribution < 1.29 is 11.0 Å². The normalized spacial score (nSPS) is 13.9. The SMILES string of the molecule is [2H]c1c([2H])c([2H])c2c(c1[2H])c1c([2H])c([2H])c([2H])c([2H])c1n2-c1ccc2c(c1)N(c1ccc(-c3ccccc3)cc1-c1ccccc1)c1cc(C(C)(C)C)cc3c1B2c1cc2c4ccccc4c4ccccc4c4cccc5c6ccccc6n(c2cc1N3c1ccc(-c2ccccc2)cc1-c1ccccc1)c45. The van der Waals surface area contributed by atoms with Gasteiger partial charge in [0.2, 0.25) is 0 Å². The van der Waals surface area contributed by atoms with E-state index in [9.17, 15) is 8.22 Å². The number of para-hydroxylation sites is 4. The summed E-state index contributed by atoms with van der Waals surface area (Å²) in [5.74, 6) is 0. The Labute approximate surface area is 586 Å². The van der Waals surface area contributed by atoms with Gasteiger partial charge >= 0.3 is 0 Å². The van der Waals surface area contributed by atoms with Crippen LogP contribution in [0.5, 0.6) is 0 Å². The molecule has 0 amide bonds. The van der Waals surface area contributed by atoms with Crippen LogP contribution in [0.4, 0.5) is 34.1 Å². The van der Waals surface area contributed by atoms with Crippen molar-refractivity contribution in [2.45, 2.75) is 26.2 Å². The molecule has 20 rings (SSSR count). The van der Waals surface area contributed by atoms with Gasteiger partial charge in [0.1, 0.15) is 0 Å². The molecule has 0 atom stereocenters. The van der Waals surface area contributed by atoms with Crippen molar-refractivity contribution in [3.63, 3.8) is 0 Å². The Kier molecular flexibility index (Phi) is 10.9. The molecule has 18 aromatic rings. The molecule has 15 aromatic carbocycles. The number of nitrogens with zero attached hydrogens (tertiary/aromatic N) is 4. The van der Waals surface area contributed by atoms with E-state index in [1.165, 1.54) is 0 Å². The van der Waals surface area contributed by atoms with Gasteiger partial charge in [0.05, 0.1) is 49.9 Å². The van der Waals surface area contributed by atoms with Crippen LogP contribution in [-0.4, -0.2) is 15.7 Å². The molecule has 99 heavy (non-hydrogen) atoms. The van der Waals surface area contributed by atoms with Crippen molar-refractivity contribution in [2.24, 2.45) is 0 Å². The number of hydrogen-bond acceptors (Lipinski definition) is 2. The van der Waals surface area contributed by atoms with E-state index in [2.05, 4.69) is 308 Å². The fourth-order valence-corrected chi connectivity index (χ4v) is 16.4. The standard InChI is InChI=1S/C94H65BN4/c1-94(2,3)66-55-90-92-91(56-66)98(86-52-48-65(61-29-10-5-11-30-61)54-78(86)63-33-14-7-15-34-63)89-59-87-79(71-38-19-17-36-69(71)68-35-16-18-37-70(68)75-42-26-43-76-74-41-22-25-46-84(74)99(87)93(75)76)58-81(89)95(92)80-50-49-67(96-82-44-23-20-39-72(82)73-40-21-24-45-83(73)96)57-88(80)97(90)85-51-47-64(60-27-8-4-9-28-60)53-77(85)62-31-12-6-13-32-62/h4-59H,1-3H3/i20D,21D,23D,24D,39D,40D,44D,45D. The summed E-state index contributed by atoms with van der Waals surface area (Å²) in [6, 6.07) is 102. The van der Waals surface area contributed by atoms with Gasteiger partial charge in [0.25, 0.3) is 6.71 Å². The van der Waals surface area contributed by atoms with Crippen LogP contribution < -0.4 is 26.2 Å². The van der Waals surface area contributed by atoms with Gasteiger partial charge in [-0.1, -0.05) is 288 Å². The zero-order valence-electron chi connectivity index (χ0n) is 62.6. The van der Waals surface area contributed by atoms with Crippen LogP contribution in [0.25, 0.3) is 132 Å². The van der Waals surface area contributed by atoms with Gasteiger partial charge < -0.3 is 18.8 Å². The van der Waals surface area contributed by atoms with Crippen molar-refractivity contribution >= 4 is 139 Å². The monoisotopic (exact) mass is 1270 g/mol. The third-order valence-corrected chi connectivity index (χ3v) is 20.8. The molecule has 0 unspecified atom stereocenters. The van der Waals surface area contributed by atoms with Gasteiger partial charge in [-0.05, 0) is 155 Å². The summed E-state index contributed by atoms with van der Waals surface area (Å²) in [7, 11) is 0. The first-order valence-corrected chi connectivity index (χ1v) is 33.9. The van der Waals surface area contributed by atoms with Gasteiger partial charge in [-0.2, -0.15) is 0 Å². The molecule has 0 saturated carbocycles. The summed E-state index contributed by atoms with van der Waals surface area (Å²) in [4.78, 5) is 4.97. The van der Waals surface area contributed by atoms with E-state index >= 15 is 0 Å². The van der Waals surface area contributed by atoms with Crippen LogP contribution in [0, 0.1) is 0 Å². The van der Waals surface area contributed by atoms with E-state index in [1.54, 1.807) is 4.57 Å². The molecule has 5 heteroatoms. The van der Waals surface area contributed by atoms with Crippen LogP contribution in [-0.2, 0) is 5.41 Å². The van der Waals surface area contributed by atoms with Crippen LogP contribution >= 0.6 is 0 Å². The third kappa shape index (κ3) is 8.73. The topological polar surface area (TPSA) is 15.8 Å². The molecule has 0 bridgehead atoms. The fourth-order valence-electron chi connectivity index (χ4n) is 16.4. The molecule has 0 spiro atoms. The Balaban J connectivity index is 1.00. The number of benzene rings is 15. The predicted molar refractivity (Wildman–Crippen MR) is 423 cm³/mol. The van der Waals surface area contributed by atoms with Crippen LogP contribution in [0.15, 0.2) is 340 Å². The Morgan fingerprint density at radius 1 is 0.293 bits per heavy atom. The number of fused-ring (bicyclic) bond motifs is 17. The molecule has 464 valence electrons. The summed E-state index contributed by atoms with van der Waals surface area (Å²) in [5, 5.41) is 8.87. The van der Waals surface area contributed by atoms with E-state index in [0.29, 0.717) is 5.69 Å². The Bertz CT molecular complexity index is 6840. The minimum atomic E-state index is -0.521. The number of aromatic nitrogens is 2. The average Bonchev–Trinajstić information content (AvgIpc) is 1.54. The predicted octanol–water partition coefficient (Wildman–Crippen LogP) is 23.4. The lowest BCUT2D eigenvalue weighted by atomic mass is 9.33. The first-order chi connectivity index (χ1) is 52.1. The maximum Gasteiger partial charge on any atom is 0.252 e. The van der Waals surface area contributed by atoms with Crippen molar-refractivity contribution in [3.05, 3.63) is 345 Å². The number of anilines is 6. The maximum atomic E-state index is 9.82. The summed E-state index contributed by atoms with van der Waals surface area (Å²) in [6.45, 7) is 6.31. The Hall–Kier alpha value is -12.4. The van der Waals surface area contributed by atoms with Crippen LogP contribution in [0.3, 0.4) is 0 Å². The minimum Gasteiger partial charge on any atom is -0.311 e. The van der Waals surface area contributed by atoms with E-state index in [0.717, 1.165) is 160 Å². The quantitative estimate of drug-likeness (QED) is 0.148. The molecule has 2 aliphatic heterocycles. The Morgan fingerprint density at radius 3 is 1.27 bits per heavy atom. The number of hydrogen-bond donors (Lipinski definition) is 0. The second kappa shape index (κ2) is 22.1. The molecule has 0 radical (unpaired) electrons. The zero-order chi connectivity index (χ0) is 72.6. The molecule has 0 N–H and O–H groups in total. The van der Waals surface area contributed by atoms with Crippen molar-refractivity contribution in [2.75, 3.05) is 9.80 Å². The highest BCUT2D eigenvalue weighted by Crippen LogP contribution is 2.52. The fraction of sp³-hybridized carbons (Fsp3) is 0.0426. The highest BCUT2D eigenvalue weighted by molar-refractivity contribution is 7.00. The highest BCUT2D eigenvalue weighted by Gasteiger charge is 2.46. The third-order valence-electron chi connectivity index (χ3n) is 20.8. The van der Waals surface area contributed by atoms with Crippen LogP contribution in [0.1, 0.15) is 37.3 Å². The first-order valence-electron chi connectivity index (χ1n) is 37.9. The van der Waals surface area contributed by atoms with Gasteiger partial charge in [-0.15, -0.1) is 0 Å². The summed E-state index contributed by atoms with van der Waals surface area (Å²) in [5.41, 5.74) is 21.1. The molecule has 2 aliphatic rings. The summed E-state index contributed by atoms with van der Waals surface area (Å²) in [6.07, 6.45) is 0. The summed E-state index contributed by atoms with van der Waals surface area (Å²) >= 11 is 0. The lowest BCUT2D eigenvalue weighted by molar-refractivity contribution is 0.590. The largest absolute Gasteiger partial charge is 0.311 e. The lowest BCUT2D eigenvalue weighted by Crippen LogP contribution is -2.61. The van der Waals surface area contributed by atoms with E-state index in [4.69, 9.17) is 2.74 Å². The second-order valence-electron chi connectivity index (χ2n) is 27.3. The van der Waals surface area contributed by atoms with Gasteiger partial charge in [-0.3, -0.25) is 0 Å². The molecule has 0 saturated heterocycles. The lowest BCUT2D eigenvalue weighted by Gasteiger charge is -2.46. The van der Waals surface area contributed by atoms with Gasteiger partial charge in [0, 0.05) is 71.9 Å². The van der Waals surface area contributed by atoms with Crippen molar-refractivity contribution in [3.8, 4) is 50.2 Å². The molecule has 0 aliphatic carbocycles. The molecular weight excluding hydrogens is 1200 g/mol. The minimum absolute atomic E-state index is 0.0128. The first kappa shape index (κ1) is 49.1. The van der Waals surface area contributed by atoms with E-state index in [1.807, 2.05) is 18.2 Å². The molecule has 0 fully saturated rings. The summed E-state index contributed by atoms with van der Waals surface area (Å²) < 4.78 is 79.6. The van der Waals surface area contributed by atoms with Crippen molar-refractivity contribution in [1.82, 2.24) is 8.97 Å². The van der Waals surface area contributed by atoms with E-state index < -0.39 is 48.4 Å². The van der Waals surface area contributed by atoms with E-state index in [-0.39, 0.29) is 33.9 Å². The smallest absolute Gasteiger partial charge is 0.252 e.